The summed E-state index contributed by atoms with van der Waals surface area (Å²) >= 11 is 0. The van der Waals surface area contributed by atoms with Crippen molar-refractivity contribution < 1.29 is 18.0 Å². The van der Waals surface area contributed by atoms with Gasteiger partial charge in [-0.05, 0) is 0 Å². The molecule has 0 spiro atoms. The third kappa shape index (κ3) is 1.31. The van der Waals surface area contributed by atoms with Crippen molar-refractivity contribution >= 4 is 22.3 Å². The highest BCUT2D eigenvalue weighted by molar-refractivity contribution is 7.91. The number of amides is 3. The van der Waals surface area contributed by atoms with Crippen molar-refractivity contribution in [3.8, 4) is 0 Å². The Kier molecular flexibility index (Phi) is 1.88. The zero-order valence-electron chi connectivity index (χ0n) is 7.13. The van der Waals surface area contributed by atoms with Crippen LogP contribution in [0, 0.1) is 0 Å². The molecule has 8 heteroatoms. The minimum Gasteiger partial charge on any atom is -0.331 e. The SMILES string of the molecule is O=CNN1C(=O)N[C@@H]2CS(=O)(=O)C[C@H]21. The lowest BCUT2D eigenvalue weighted by molar-refractivity contribution is -0.113. The molecule has 0 aromatic carbocycles. The molecule has 2 fully saturated rings. The second-order valence-corrected chi connectivity index (χ2v) is 5.47. The molecule has 0 unspecified atom stereocenters. The fraction of sp³-hybridized carbons (Fsp3) is 0.667. The third-order valence-corrected chi connectivity index (χ3v) is 4.09. The monoisotopic (exact) mass is 219 g/mol. The molecular weight excluding hydrogens is 210 g/mol. The number of rotatable bonds is 2. The first-order valence-electron chi connectivity index (χ1n) is 4.03. The van der Waals surface area contributed by atoms with E-state index in [9.17, 15) is 18.0 Å². The zero-order chi connectivity index (χ0) is 10.3. The van der Waals surface area contributed by atoms with E-state index in [0.29, 0.717) is 6.41 Å². The number of carbonyl (C=O) groups is 2. The Hall–Kier alpha value is -1.31. The van der Waals surface area contributed by atoms with Crippen molar-refractivity contribution in [1.29, 1.82) is 0 Å². The number of sulfone groups is 1. The van der Waals surface area contributed by atoms with Gasteiger partial charge >= 0.3 is 6.03 Å². The summed E-state index contributed by atoms with van der Waals surface area (Å²) in [4.78, 5) is 21.4. The first-order chi connectivity index (χ1) is 6.53. The molecule has 0 bridgehead atoms. The third-order valence-electron chi connectivity index (χ3n) is 2.37. The maximum Gasteiger partial charge on any atom is 0.336 e. The fourth-order valence-corrected chi connectivity index (χ4v) is 3.70. The summed E-state index contributed by atoms with van der Waals surface area (Å²) in [6.45, 7) is 0. The number of urea groups is 1. The summed E-state index contributed by atoms with van der Waals surface area (Å²) in [7, 11) is -3.09. The van der Waals surface area contributed by atoms with Gasteiger partial charge in [0.15, 0.2) is 9.84 Å². The maximum absolute atomic E-state index is 11.2. The Labute approximate surface area is 80.3 Å². The number of hydrogen-bond acceptors (Lipinski definition) is 4. The Morgan fingerprint density at radius 2 is 2.21 bits per heavy atom. The van der Waals surface area contributed by atoms with Crippen LogP contribution in [0.2, 0.25) is 0 Å². The lowest BCUT2D eigenvalue weighted by Gasteiger charge is -2.18. The minimum atomic E-state index is -3.09. The lowest BCUT2D eigenvalue weighted by atomic mass is 10.2. The molecular formula is C6H9N3O4S. The highest BCUT2D eigenvalue weighted by Crippen LogP contribution is 2.21. The van der Waals surface area contributed by atoms with Gasteiger partial charge in [0.1, 0.15) is 0 Å². The van der Waals surface area contributed by atoms with E-state index in [0.717, 1.165) is 5.01 Å². The molecule has 2 saturated heterocycles. The Bertz CT molecular complexity index is 379. The van der Waals surface area contributed by atoms with Gasteiger partial charge in [0, 0.05) is 0 Å². The number of fused-ring (bicyclic) bond motifs is 1. The van der Waals surface area contributed by atoms with Gasteiger partial charge in [0.2, 0.25) is 6.41 Å². The van der Waals surface area contributed by atoms with E-state index < -0.39 is 28.0 Å². The predicted molar refractivity (Wildman–Crippen MR) is 45.8 cm³/mol. The van der Waals surface area contributed by atoms with Gasteiger partial charge < -0.3 is 5.32 Å². The molecule has 2 rings (SSSR count). The number of carbonyl (C=O) groups excluding carboxylic acids is 2. The van der Waals surface area contributed by atoms with Crippen LogP contribution in [-0.4, -0.2) is 49.5 Å². The van der Waals surface area contributed by atoms with Crippen molar-refractivity contribution in [1.82, 2.24) is 15.8 Å². The molecule has 0 aromatic rings. The van der Waals surface area contributed by atoms with E-state index in [2.05, 4.69) is 10.7 Å². The molecule has 3 amide bonds. The van der Waals surface area contributed by atoms with Gasteiger partial charge in [-0.3, -0.25) is 10.2 Å². The first kappa shape index (κ1) is 9.25. The van der Waals surface area contributed by atoms with Crippen LogP contribution in [-0.2, 0) is 14.6 Å². The van der Waals surface area contributed by atoms with Crippen LogP contribution in [0.25, 0.3) is 0 Å². The summed E-state index contributed by atoms with van der Waals surface area (Å²) in [5.41, 5.74) is 2.18. The topological polar surface area (TPSA) is 95.6 Å². The van der Waals surface area contributed by atoms with Crippen LogP contribution >= 0.6 is 0 Å². The Balaban J connectivity index is 2.21. The summed E-state index contributed by atoms with van der Waals surface area (Å²) in [6.07, 6.45) is 0.354. The van der Waals surface area contributed by atoms with E-state index >= 15 is 0 Å². The van der Waals surface area contributed by atoms with Crippen LogP contribution in [0.4, 0.5) is 4.79 Å². The zero-order valence-corrected chi connectivity index (χ0v) is 7.95. The number of nitrogens with one attached hydrogen (secondary N) is 2. The largest absolute Gasteiger partial charge is 0.336 e. The highest BCUT2D eigenvalue weighted by atomic mass is 32.2. The van der Waals surface area contributed by atoms with Gasteiger partial charge in [-0.15, -0.1) is 0 Å². The average Bonchev–Trinajstić information content (AvgIpc) is 2.47. The first-order valence-corrected chi connectivity index (χ1v) is 5.85. The van der Waals surface area contributed by atoms with Crippen LogP contribution in [0.5, 0.6) is 0 Å². The molecule has 2 aliphatic rings. The van der Waals surface area contributed by atoms with Gasteiger partial charge in [-0.2, -0.15) is 0 Å². The molecule has 0 saturated carbocycles. The van der Waals surface area contributed by atoms with Crippen molar-refractivity contribution in [2.75, 3.05) is 11.5 Å². The normalized spacial score (nSPS) is 33.7. The van der Waals surface area contributed by atoms with Crippen LogP contribution in [0.15, 0.2) is 0 Å². The maximum atomic E-state index is 11.2. The van der Waals surface area contributed by atoms with E-state index in [1.54, 1.807) is 0 Å². The van der Waals surface area contributed by atoms with Gasteiger partial charge in [-0.25, -0.2) is 18.2 Å². The molecule has 0 aromatic heterocycles. The van der Waals surface area contributed by atoms with Gasteiger partial charge in [0.05, 0.1) is 23.6 Å². The Morgan fingerprint density at radius 1 is 1.50 bits per heavy atom. The minimum absolute atomic E-state index is 0.0551. The Morgan fingerprint density at radius 3 is 2.86 bits per heavy atom. The van der Waals surface area contributed by atoms with E-state index in [4.69, 9.17) is 0 Å². The van der Waals surface area contributed by atoms with Gasteiger partial charge in [0.25, 0.3) is 0 Å². The van der Waals surface area contributed by atoms with Crippen molar-refractivity contribution in [2.24, 2.45) is 0 Å². The number of hydrazine groups is 1. The standard InChI is InChI=1S/C6H9N3O4S/c10-3-7-9-5-2-14(12,13)1-4(5)8-6(9)11/h3-5H,1-2H2,(H,7,10)(H,8,11)/t4-,5-/m1/s1. The van der Waals surface area contributed by atoms with E-state index in [1.807, 2.05) is 0 Å². The molecule has 0 aliphatic carbocycles. The van der Waals surface area contributed by atoms with E-state index in [1.165, 1.54) is 0 Å². The second-order valence-electron chi connectivity index (χ2n) is 3.32. The molecule has 2 aliphatic heterocycles. The van der Waals surface area contributed by atoms with Crippen molar-refractivity contribution in [2.45, 2.75) is 12.1 Å². The van der Waals surface area contributed by atoms with Crippen molar-refractivity contribution in [3.05, 3.63) is 0 Å². The molecule has 2 heterocycles. The molecule has 7 nitrogen and oxygen atoms in total. The molecule has 14 heavy (non-hydrogen) atoms. The second kappa shape index (κ2) is 2.84. The summed E-state index contributed by atoms with van der Waals surface area (Å²) < 4.78 is 22.4. The summed E-state index contributed by atoms with van der Waals surface area (Å²) in [5.74, 6) is -0.155. The summed E-state index contributed by atoms with van der Waals surface area (Å²) in [6, 6.07) is -1.33. The number of nitrogens with zero attached hydrogens (tertiary/aromatic N) is 1. The average molecular weight is 219 g/mol. The highest BCUT2D eigenvalue weighted by Gasteiger charge is 2.49. The number of hydrogen-bond donors (Lipinski definition) is 2. The predicted octanol–water partition coefficient (Wildman–Crippen LogP) is -2.16. The summed E-state index contributed by atoms with van der Waals surface area (Å²) in [5, 5.41) is 3.52. The molecule has 2 N–H and O–H groups in total. The lowest BCUT2D eigenvalue weighted by Crippen LogP contribution is -2.46. The molecule has 0 radical (unpaired) electrons. The van der Waals surface area contributed by atoms with Crippen molar-refractivity contribution in [3.63, 3.8) is 0 Å². The fourth-order valence-electron chi connectivity index (χ4n) is 1.81. The van der Waals surface area contributed by atoms with Crippen LogP contribution in [0.1, 0.15) is 0 Å². The van der Waals surface area contributed by atoms with Crippen LogP contribution in [0.3, 0.4) is 0 Å². The quantitative estimate of drug-likeness (QED) is 0.408. The smallest absolute Gasteiger partial charge is 0.331 e. The van der Waals surface area contributed by atoms with E-state index in [-0.39, 0.29) is 11.5 Å². The van der Waals surface area contributed by atoms with Crippen LogP contribution < -0.4 is 10.7 Å². The van der Waals surface area contributed by atoms with Gasteiger partial charge in [-0.1, -0.05) is 0 Å². The molecule has 78 valence electrons. The molecule has 2 atom stereocenters.